The zero-order valence-corrected chi connectivity index (χ0v) is 15.0. The predicted molar refractivity (Wildman–Crippen MR) is 98.6 cm³/mol. The van der Waals surface area contributed by atoms with Crippen LogP contribution in [0.15, 0.2) is 54.6 Å². The van der Waals surface area contributed by atoms with Gasteiger partial charge < -0.3 is 4.90 Å². The van der Waals surface area contributed by atoms with E-state index in [0.29, 0.717) is 13.1 Å². The third kappa shape index (κ3) is 3.79. The molecule has 2 aromatic carbocycles. The molecule has 1 atom stereocenters. The summed E-state index contributed by atoms with van der Waals surface area (Å²) in [6.45, 7) is 5.94. The third-order valence-electron chi connectivity index (χ3n) is 4.54. The van der Waals surface area contributed by atoms with Crippen molar-refractivity contribution in [1.29, 1.82) is 0 Å². The van der Waals surface area contributed by atoms with Gasteiger partial charge in [-0.1, -0.05) is 48.0 Å². The number of anilines is 1. The van der Waals surface area contributed by atoms with Gasteiger partial charge in [-0.3, -0.25) is 0 Å². The summed E-state index contributed by atoms with van der Waals surface area (Å²) in [5.41, 5.74) is 3.23. The molecule has 0 saturated carbocycles. The summed E-state index contributed by atoms with van der Waals surface area (Å²) in [6.07, 6.45) is 0. The zero-order chi connectivity index (χ0) is 17.2. The molecule has 0 bridgehead atoms. The van der Waals surface area contributed by atoms with Crippen molar-refractivity contribution in [3.05, 3.63) is 65.7 Å². The first-order chi connectivity index (χ1) is 11.5. The summed E-state index contributed by atoms with van der Waals surface area (Å²) in [6, 6.07) is 18.0. The summed E-state index contributed by atoms with van der Waals surface area (Å²) in [4.78, 5) is 2.29. The van der Waals surface area contributed by atoms with Crippen LogP contribution in [-0.4, -0.2) is 38.4 Å². The van der Waals surface area contributed by atoms with Gasteiger partial charge in [-0.2, -0.15) is 4.31 Å². The van der Waals surface area contributed by atoms with E-state index in [1.165, 1.54) is 5.56 Å². The number of benzene rings is 2. The molecule has 2 aromatic rings. The number of hydrogen-bond acceptors (Lipinski definition) is 3. The number of sulfonamides is 1. The molecule has 0 aliphatic carbocycles. The minimum absolute atomic E-state index is 0.0745. The molecule has 0 aromatic heterocycles. The summed E-state index contributed by atoms with van der Waals surface area (Å²) in [5, 5.41) is 0. The second-order valence-electron chi connectivity index (χ2n) is 6.48. The van der Waals surface area contributed by atoms with Crippen LogP contribution in [0.2, 0.25) is 0 Å². The fourth-order valence-corrected chi connectivity index (χ4v) is 4.77. The summed E-state index contributed by atoms with van der Waals surface area (Å²) < 4.78 is 27.0. The molecule has 1 heterocycles. The van der Waals surface area contributed by atoms with Crippen molar-refractivity contribution in [2.75, 3.05) is 24.5 Å². The second kappa shape index (κ2) is 6.95. The minimum Gasteiger partial charge on any atom is -0.366 e. The maximum Gasteiger partial charge on any atom is 0.218 e. The monoisotopic (exact) mass is 344 g/mol. The summed E-state index contributed by atoms with van der Waals surface area (Å²) in [7, 11) is -3.27. The minimum atomic E-state index is -3.27. The molecular weight excluding hydrogens is 320 g/mol. The van der Waals surface area contributed by atoms with Crippen molar-refractivity contribution in [2.24, 2.45) is 0 Å². The quantitative estimate of drug-likeness (QED) is 0.856. The first-order valence-electron chi connectivity index (χ1n) is 8.31. The van der Waals surface area contributed by atoms with E-state index in [-0.39, 0.29) is 11.8 Å². The lowest BCUT2D eigenvalue weighted by Crippen LogP contribution is -2.53. The van der Waals surface area contributed by atoms with Gasteiger partial charge in [0.05, 0.1) is 5.75 Å². The molecule has 1 saturated heterocycles. The van der Waals surface area contributed by atoms with E-state index >= 15 is 0 Å². The van der Waals surface area contributed by atoms with Crippen LogP contribution in [0, 0.1) is 6.92 Å². The van der Waals surface area contributed by atoms with Crippen LogP contribution in [0.25, 0.3) is 0 Å². The topological polar surface area (TPSA) is 40.6 Å². The van der Waals surface area contributed by atoms with E-state index in [9.17, 15) is 8.42 Å². The maximum atomic E-state index is 12.7. The van der Waals surface area contributed by atoms with Gasteiger partial charge in [0.2, 0.25) is 10.0 Å². The Kier molecular flexibility index (Phi) is 4.92. The van der Waals surface area contributed by atoms with Gasteiger partial charge >= 0.3 is 0 Å². The lowest BCUT2D eigenvalue weighted by Gasteiger charge is -2.40. The molecule has 3 rings (SSSR count). The van der Waals surface area contributed by atoms with Crippen LogP contribution in [-0.2, 0) is 15.8 Å². The SMILES string of the molecule is Cc1ccc(N2CCN(S(=O)(=O)Cc3ccccc3)C[C@@H]2C)cc1. The van der Waals surface area contributed by atoms with E-state index in [1.54, 1.807) is 4.31 Å². The van der Waals surface area contributed by atoms with Gasteiger partial charge in [0.1, 0.15) is 0 Å². The Balaban J connectivity index is 1.69. The molecular formula is C19H24N2O2S. The fraction of sp³-hybridized carbons (Fsp3) is 0.368. The lowest BCUT2D eigenvalue weighted by atomic mass is 10.1. The Morgan fingerprint density at radius 1 is 1.00 bits per heavy atom. The van der Waals surface area contributed by atoms with Crippen LogP contribution >= 0.6 is 0 Å². The summed E-state index contributed by atoms with van der Waals surface area (Å²) >= 11 is 0. The fourth-order valence-electron chi connectivity index (χ4n) is 3.17. The normalized spacial score (nSPS) is 19.4. The van der Waals surface area contributed by atoms with E-state index in [1.807, 2.05) is 30.3 Å². The molecule has 24 heavy (non-hydrogen) atoms. The Morgan fingerprint density at radius 3 is 2.29 bits per heavy atom. The highest BCUT2D eigenvalue weighted by atomic mass is 32.2. The van der Waals surface area contributed by atoms with Gasteiger partial charge in [0, 0.05) is 31.4 Å². The van der Waals surface area contributed by atoms with Gasteiger partial charge in [0.25, 0.3) is 0 Å². The maximum absolute atomic E-state index is 12.7. The van der Waals surface area contributed by atoms with E-state index < -0.39 is 10.0 Å². The highest BCUT2D eigenvalue weighted by Gasteiger charge is 2.31. The smallest absolute Gasteiger partial charge is 0.218 e. The van der Waals surface area contributed by atoms with Crippen molar-refractivity contribution < 1.29 is 8.42 Å². The summed E-state index contributed by atoms with van der Waals surface area (Å²) in [5.74, 6) is 0.0745. The van der Waals surface area contributed by atoms with Crippen molar-refractivity contribution in [2.45, 2.75) is 25.6 Å². The van der Waals surface area contributed by atoms with Gasteiger partial charge in [-0.15, -0.1) is 0 Å². The molecule has 128 valence electrons. The molecule has 4 nitrogen and oxygen atoms in total. The number of rotatable bonds is 4. The standard InChI is InChI=1S/C19H24N2O2S/c1-16-8-10-19(11-9-16)21-13-12-20(14-17(21)2)24(22,23)15-18-6-4-3-5-7-18/h3-11,17H,12-15H2,1-2H3/t17-/m0/s1. The molecule has 0 unspecified atom stereocenters. The average molecular weight is 344 g/mol. The van der Waals surface area contributed by atoms with E-state index in [0.717, 1.165) is 17.8 Å². The van der Waals surface area contributed by atoms with Crippen LogP contribution in [0.1, 0.15) is 18.1 Å². The zero-order valence-electron chi connectivity index (χ0n) is 14.2. The second-order valence-corrected chi connectivity index (χ2v) is 8.45. The third-order valence-corrected chi connectivity index (χ3v) is 6.36. The lowest BCUT2D eigenvalue weighted by molar-refractivity contribution is 0.342. The first-order valence-corrected chi connectivity index (χ1v) is 9.92. The highest BCUT2D eigenvalue weighted by molar-refractivity contribution is 7.88. The van der Waals surface area contributed by atoms with E-state index in [2.05, 4.69) is 43.0 Å². The Labute approximate surface area is 144 Å². The first kappa shape index (κ1) is 17.0. The molecule has 5 heteroatoms. The number of hydrogen-bond donors (Lipinski definition) is 0. The van der Waals surface area contributed by atoms with Gasteiger partial charge in [-0.05, 0) is 31.5 Å². The van der Waals surface area contributed by atoms with E-state index in [4.69, 9.17) is 0 Å². The average Bonchev–Trinajstić information content (AvgIpc) is 2.56. The number of nitrogens with zero attached hydrogens (tertiary/aromatic N) is 2. The Morgan fingerprint density at radius 2 is 1.67 bits per heavy atom. The van der Waals surface area contributed by atoms with Gasteiger partial charge in [0.15, 0.2) is 0 Å². The number of piperazine rings is 1. The largest absolute Gasteiger partial charge is 0.366 e. The van der Waals surface area contributed by atoms with Crippen molar-refractivity contribution in [3.8, 4) is 0 Å². The molecule has 1 aliphatic rings. The molecule has 0 spiro atoms. The van der Waals surface area contributed by atoms with Crippen molar-refractivity contribution in [1.82, 2.24) is 4.31 Å². The molecule has 1 aliphatic heterocycles. The molecule has 0 N–H and O–H groups in total. The van der Waals surface area contributed by atoms with Crippen LogP contribution < -0.4 is 4.90 Å². The predicted octanol–water partition coefficient (Wildman–Crippen LogP) is 3.04. The van der Waals surface area contributed by atoms with Crippen molar-refractivity contribution >= 4 is 15.7 Å². The number of aryl methyl sites for hydroxylation is 1. The van der Waals surface area contributed by atoms with Crippen LogP contribution in [0.5, 0.6) is 0 Å². The van der Waals surface area contributed by atoms with Crippen LogP contribution in [0.3, 0.4) is 0 Å². The molecule has 0 radical (unpaired) electrons. The molecule has 1 fully saturated rings. The Hall–Kier alpha value is -1.85. The van der Waals surface area contributed by atoms with Gasteiger partial charge in [-0.25, -0.2) is 8.42 Å². The van der Waals surface area contributed by atoms with Crippen LogP contribution in [0.4, 0.5) is 5.69 Å². The highest BCUT2D eigenvalue weighted by Crippen LogP contribution is 2.23. The van der Waals surface area contributed by atoms with Crippen molar-refractivity contribution in [3.63, 3.8) is 0 Å². The molecule has 0 amide bonds. The Bertz CT molecular complexity index is 773.